The quantitative estimate of drug-likeness (QED) is 0.549. The van der Waals surface area contributed by atoms with Gasteiger partial charge in [0.2, 0.25) is 10.0 Å². The second-order valence-electron chi connectivity index (χ2n) is 2.83. The summed E-state index contributed by atoms with van der Waals surface area (Å²) in [5.41, 5.74) is 5.51. The molecule has 0 unspecified atom stereocenters. The SMILES string of the molecule is N[C@@H]1CC[C@H]1CS(N)(=O)=O. The Morgan fingerprint density at radius 3 is 2.10 bits per heavy atom. The highest BCUT2D eigenvalue weighted by atomic mass is 32.2. The Labute approximate surface area is 60.6 Å². The lowest BCUT2D eigenvalue weighted by atomic mass is 9.82. The summed E-state index contributed by atoms with van der Waals surface area (Å²) in [6.45, 7) is 0. The van der Waals surface area contributed by atoms with E-state index in [1.807, 2.05) is 0 Å². The predicted octanol–water partition coefficient (Wildman–Crippen LogP) is -0.988. The normalized spacial score (nSPS) is 33.4. The molecule has 4 nitrogen and oxygen atoms in total. The molecule has 2 atom stereocenters. The van der Waals surface area contributed by atoms with Crippen molar-refractivity contribution in [2.24, 2.45) is 16.8 Å². The summed E-state index contributed by atoms with van der Waals surface area (Å²) in [4.78, 5) is 0. The Hall–Kier alpha value is -0.130. The van der Waals surface area contributed by atoms with Gasteiger partial charge in [0.25, 0.3) is 0 Å². The van der Waals surface area contributed by atoms with Crippen LogP contribution in [0.4, 0.5) is 0 Å². The fraction of sp³-hybridized carbons (Fsp3) is 1.00. The molecule has 1 saturated carbocycles. The molecule has 0 bridgehead atoms. The van der Waals surface area contributed by atoms with Crippen LogP contribution >= 0.6 is 0 Å². The van der Waals surface area contributed by atoms with Gasteiger partial charge in [-0.05, 0) is 18.8 Å². The fourth-order valence-corrected chi connectivity index (χ4v) is 2.11. The average molecular weight is 164 g/mol. The van der Waals surface area contributed by atoms with E-state index in [4.69, 9.17) is 10.9 Å². The first kappa shape index (κ1) is 7.97. The molecule has 4 N–H and O–H groups in total. The highest BCUT2D eigenvalue weighted by Crippen LogP contribution is 2.25. The fourth-order valence-electron chi connectivity index (χ4n) is 1.10. The van der Waals surface area contributed by atoms with E-state index in [2.05, 4.69) is 0 Å². The molecule has 0 spiro atoms. The molecule has 1 rings (SSSR count). The number of hydrogen-bond acceptors (Lipinski definition) is 3. The number of primary sulfonamides is 1. The molecule has 0 radical (unpaired) electrons. The van der Waals surface area contributed by atoms with Crippen LogP contribution in [0.3, 0.4) is 0 Å². The van der Waals surface area contributed by atoms with Crippen molar-refractivity contribution < 1.29 is 8.42 Å². The van der Waals surface area contributed by atoms with Crippen molar-refractivity contribution in [2.75, 3.05) is 5.75 Å². The molecule has 1 fully saturated rings. The molecule has 0 amide bonds. The Balaban J connectivity index is 2.40. The number of hydrogen-bond donors (Lipinski definition) is 2. The van der Waals surface area contributed by atoms with Crippen LogP contribution in [-0.2, 0) is 10.0 Å². The van der Waals surface area contributed by atoms with Crippen LogP contribution in [0.5, 0.6) is 0 Å². The lowest BCUT2D eigenvalue weighted by molar-refractivity contribution is 0.284. The first-order chi connectivity index (χ1) is 4.49. The van der Waals surface area contributed by atoms with E-state index in [1.165, 1.54) is 0 Å². The molecule has 0 aromatic heterocycles. The van der Waals surface area contributed by atoms with Gasteiger partial charge in [0.15, 0.2) is 0 Å². The first-order valence-corrected chi connectivity index (χ1v) is 4.96. The average Bonchev–Trinajstić information content (AvgIpc) is 1.78. The smallest absolute Gasteiger partial charge is 0.209 e. The van der Waals surface area contributed by atoms with Gasteiger partial charge in [-0.2, -0.15) is 0 Å². The minimum absolute atomic E-state index is 0.0498. The Kier molecular flexibility index (Phi) is 1.98. The van der Waals surface area contributed by atoms with E-state index in [0.29, 0.717) is 0 Å². The molecule has 0 aromatic carbocycles. The van der Waals surface area contributed by atoms with Crippen LogP contribution in [0.15, 0.2) is 0 Å². The standard InChI is InChI=1S/C5H12N2O2S/c6-5-2-1-4(5)3-10(7,8)9/h4-5H,1-3,6H2,(H2,7,8,9)/t4-,5+/m0/s1. The second-order valence-corrected chi connectivity index (χ2v) is 4.49. The number of nitrogens with two attached hydrogens (primary N) is 2. The highest BCUT2D eigenvalue weighted by molar-refractivity contribution is 7.89. The van der Waals surface area contributed by atoms with Gasteiger partial charge in [-0.1, -0.05) is 0 Å². The van der Waals surface area contributed by atoms with E-state index >= 15 is 0 Å². The summed E-state index contributed by atoms with van der Waals surface area (Å²) in [6.07, 6.45) is 1.83. The minimum Gasteiger partial charge on any atom is -0.327 e. The third-order valence-electron chi connectivity index (χ3n) is 1.92. The van der Waals surface area contributed by atoms with Gasteiger partial charge in [0.05, 0.1) is 5.75 Å². The Morgan fingerprint density at radius 2 is 2.00 bits per heavy atom. The van der Waals surface area contributed by atoms with Gasteiger partial charge in [0, 0.05) is 6.04 Å². The van der Waals surface area contributed by atoms with Crippen LogP contribution in [0.2, 0.25) is 0 Å². The van der Waals surface area contributed by atoms with Crippen molar-refractivity contribution in [3.8, 4) is 0 Å². The molecule has 0 aromatic rings. The zero-order chi connectivity index (χ0) is 7.78. The zero-order valence-corrected chi connectivity index (χ0v) is 6.47. The van der Waals surface area contributed by atoms with Gasteiger partial charge in [-0.25, -0.2) is 13.6 Å². The largest absolute Gasteiger partial charge is 0.327 e. The monoisotopic (exact) mass is 164 g/mol. The van der Waals surface area contributed by atoms with Crippen LogP contribution in [0.25, 0.3) is 0 Å². The summed E-state index contributed by atoms with van der Waals surface area (Å²) in [5.74, 6) is 0.156. The number of rotatable bonds is 2. The van der Waals surface area contributed by atoms with E-state index in [1.54, 1.807) is 0 Å². The molecule has 1 aliphatic carbocycles. The molecular weight excluding hydrogens is 152 g/mol. The lowest BCUT2D eigenvalue weighted by Crippen LogP contribution is -2.44. The lowest BCUT2D eigenvalue weighted by Gasteiger charge is -2.32. The van der Waals surface area contributed by atoms with Crippen LogP contribution in [0.1, 0.15) is 12.8 Å². The summed E-state index contributed by atoms with van der Waals surface area (Å²) in [6, 6.07) is 0.0540. The second kappa shape index (κ2) is 2.48. The molecule has 5 heteroatoms. The first-order valence-electron chi connectivity index (χ1n) is 3.25. The molecular formula is C5H12N2O2S. The summed E-state index contributed by atoms with van der Waals surface area (Å²) >= 11 is 0. The van der Waals surface area contributed by atoms with Crippen LogP contribution < -0.4 is 10.9 Å². The summed E-state index contributed by atoms with van der Waals surface area (Å²) in [5, 5.41) is 4.82. The predicted molar refractivity (Wildman–Crippen MR) is 38.7 cm³/mol. The van der Waals surface area contributed by atoms with E-state index in [9.17, 15) is 8.42 Å². The third kappa shape index (κ3) is 1.93. The van der Waals surface area contributed by atoms with Crippen molar-refractivity contribution in [2.45, 2.75) is 18.9 Å². The molecule has 60 valence electrons. The van der Waals surface area contributed by atoms with E-state index in [-0.39, 0.29) is 17.7 Å². The van der Waals surface area contributed by atoms with E-state index < -0.39 is 10.0 Å². The maximum atomic E-state index is 10.5. The van der Waals surface area contributed by atoms with Gasteiger partial charge in [-0.15, -0.1) is 0 Å². The number of sulfonamides is 1. The van der Waals surface area contributed by atoms with Crippen molar-refractivity contribution in [1.82, 2.24) is 0 Å². The highest BCUT2D eigenvalue weighted by Gasteiger charge is 2.30. The van der Waals surface area contributed by atoms with Crippen molar-refractivity contribution in [1.29, 1.82) is 0 Å². The Bertz CT molecular complexity index is 212. The molecule has 10 heavy (non-hydrogen) atoms. The van der Waals surface area contributed by atoms with E-state index in [0.717, 1.165) is 12.8 Å². The Morgan fingerprint density at radius 1 is 1.40 bits per heavy atom. The van der Waals surface area contributed by atoms with Crippen molar-refractivity contribution in [3.63, 3.8) is 0 Å². The van der Waals surface area contributed by atoms with Gasteiger partial charge in [-0.3, -0.25) is 0 Å². The van der Waals surface area contributed by atoms with Gasteiger partial charge >= 0.3 is 0 Å². The molecule has 0 heterocycles. The summed E-state index contributed by atoms with van der Waals surface area (Å²) < 4.78 is 21.0. The maximum absolute atomic E-state index is 10.5. The van der Waals surface area contributed by atoms with Crippen LogP contribution in [0, 0.1) is 5.92 Å². The molecule has 0 saturated heterocycles. The third-order valence-corrected chi connectivity index (χ3v) is 2.82. The maximum Gasteiger partial charge on any atom is 0.209 e. The summed E-state index contributed by atoms with van der Waals surface area (Å²) in [7, 11) is -3.30. The topological polar surface area (TPSA) is 86.2 Å². The van der Waals surface area contributed by atoms with Gasteiger partial charge in [0.1, 0.15) is 0 Å². The zero-order valence-electron chi connectivity index (χ0n) is 5.66. The van der Waals surface area contributed by atoms with Gasteiger partial charge < -0.3 is 5.73 Å². The van der Waals surface area contributed by atoms with Crippen molar-refractivity contribution >= 4 is 10.0 Å². The van der Waals surface area contributed by atoms with Crippen LogP contribution in [-0.4, -0.2) is 20.2 Å². The molecule has 0 aliphatic heterocycles. The minimum atomic E-state index is -3.30. The molecule has 1 aliphatic rings. The van der Waals surface area contributed by atoms with Crippen molar-refractivity contribution in [3.05, 3.63) is 0 Å².